The van der Waals surface area contributed by atoms with Crippen molar-refractivity contribution in [2.75, 3.05) is 32.8 Å². The monoisotopic (exact) mass is 344 g/mol. The molecule has 1 fully saturated rings. The number of aryl methyl sites for hydroxylation is 1. The summed E-state index contributed by atoms with van der Waals surface area (Å²) in [6, 6.07) is 12.5. The van der Waals surface area contributed by atoms with Gasteiger partial charge in [-0.1, -0.05) is 30.3 Å². The third kappa shape index (κ3) is 4.90. The average Bonchev–Trinajstić information content (AvgIpc) is 3.16. The predicted octanol–water partition coefficient (Wildman–Crippen LogP) is 2.87. The highest BCUT2D eigenvalue weighted by Crippen LogP contribution is 2.23. The molecule has 0 radical (unpaired) electrons. The zero-order chi connectivity index (χ0) is 16.6. The number of carbonyl (C=O) groups is 1. The molecule has 1 N–H and O–H groups in total. The molecule has 0 aliphatic carbocycles. The molecule has 3 rings (SSSR count). The summed E-state index contributed by atoms with van der Waals surface area (Å²) >= 11 is 1.70. The zero-order valence-electron chi connectivity index (χ0n) is 13.8. The Hall–Kier alpha value is -1.69. The Morgan fingerprint density at radius 1 is 1.21 bits per heavy atom. The van der Waals surface area contributed by atoms with Gasteiger partial charge in [-0.15, -0.1) is 0 Å². The summed E-state index contributed by atoms with van der Waals surface area (Å²) < 4.78 is 5.45. The van der Waals surface area contributed by atoms with Gasteiger partial charge in [-0.25, -0.2) is 0 Å². The van der Waals surface area contributed by atoms with Crippen LogP contribution < -0.4 is 5.32 Å². The number of thiophene rings is 1. The minimum absolute atomic E-state index is 0.118. The first kappa shape index (κ1) is 17.1. The van der Waals surface area contributed by atoms with Crippen LogP contribution in [0.4, 0.5) is 0 Å². The standard InChI is InChI=1S/C19H24N2O2S/c22-19(7-6-16-4-2-1-3-5-16)20-14-18(17-8-13-24-15-17)21-9-11-23-12-10-21/h1-5,8,13,15,18H,6-7,9-12,14H2,(H,20,22)/t18-/m0/s1. The van der Waals surface area contributed by atoms with Gasteiger partial charge in [-0.3, -0.25) is 9.69 Å². The number of ether oxygens (including phenoxy) is 1. The predicted molar refractivity (Wildman–Crippen MR) is 97.2 cm³/mol. The molecule has 0 unspecified atom stereocenters. The summed E-state index contributed by atoms with van der Waals surface area (Å²) in [6.45, 7) is 4.02. The van der Waals surface area contributed by atoms with Crippen molar-refractivity contribution < 1.29 is 9.53 Å². The van der Waals surface area contributed by atoms with Gasteiger partial charge in [0, 0.05) is 26.1 Å². The molecule has 2 aromatic rings. The zero-order valence-corrected chi connectivity index (χ0v) is 14.6. The Bertz CT molecular complexity index is 610. The van der Waals surface area contributed by atoms with Gasteiger partial charge in [-0.05, 0) is 34.4 Å². The van der Waals surface area contributed by atoms with Crippen LogP contribution in [0.25, 0.3) is 0 Å². The molecule has 1 aromatic heterocycles. The second-order valence-corrected chi connectivity index (χ2v) is 6.79. The van der Waals surface area contributed by atoms with Gasteiger partial charge >= 0.3 is 0 Å². The molecule has 1 atom stereocenters. The van der Waals surface area contributed by atoms with Crippen molar-refractivity contribution >= 4 is 17.2 Å². The molecule has 1 amide bonds. The highest BCUT2D eigenvalue weighted by Gasteiger charge is 2.23. The molecule has 24 heavy (non-hydrogen) atoms. The Morgan fingerprint density at radius 2 is 2.00 bits per heavy atom. The van der Waals surface area contributed by atoms with E-state index in [0.717, 1.165) is 32.7 Å². The molecule has 128 valence electrons. The van der Waals surface area contributed by atoms with Crippen LogP contribution in [0.15, 0.2) is 47.2 Å². The first-order chi connectivity index (χ1) is 11.8. The van der Waals surface area contributed by atoms with E-state index in [2.05, 4.69) is 39.2 Å². The lowest BCUT2D eigenvalue weighted by Gasteiger charge is -2.34. The largest absolute Gasteiger partial charge is 0.379 e. The summed E-state index contributed by atoms with van der Waals surface area (Å²) in [4.78, 5) is 14.6. The van der Waals surface area contributed by atoms with Gasteiger partial charge in [0.2, 0.25) is 5.91 Å². The number of nitrogens with zero attached hydrogens (tertiary/aromatic N) is 1. The number of hydrogen-bond acceptors (Lipinski definition) is 4. The van der Waals surface area contributed by atoms with Crippen LogP contribution in [0.1, 0.15) is 23.6 Å². The maximum Gasteiger partial charge on any atom is 0.220 e. The van der Waals surface area contributed by atoms with Gasteiger partial charge in [0.15, 0.2) is 0 Å². The summed E-state index contributed by atoms with van der Waals surface area (Å²) in [5.74, 6) is 0.118. The molecule has 2 heterocycles. The summed E-state index contributed by atoms with van der Waals surface area (Å²) in [7, 11) is 0. The second-order valence-electron chi connectivity index (χ2n) is 6.01. The van der Waals surface area contributed by atoms with Crippen molar-refractivity contribution in [1.29, 1.82) is 0 Å². The Kier molecular flexibility index (Phi) is 6.41. The van der Waals surface area contributed by atoms with Crippen LogP contribution in [0, 0.1) is 0 Å². The molecule has 5 heteroatoms. The van der Waals surface area contributed by atoms with E-state index in [-0.39, 0.29) is 11.9 Å². The number of amides is 1. The van der Waals surface area contributed by atoms with Gasteiger partial charge in [0.05, 0.1) is 19.3 Å². The highest BCUT2D eigenvalue weighted by molar-refractivity contribution is 7.07. The van der Waals surface area contributed by atoms with Crippen LogP contribution in [-0.4, -0.2) is 43.7 Å². The summed E-state index contributed by atoms with van der Waals surface area (Å²) in [6.07, 6.45) is 1.32. The third-order valence-electron chi connectivity index (χ3n) is 4.39. The van der Waals surface area contributed by atoms with Gasteiger partial charge < -0.3 is 10.1 Å². The van der Waals surface area contributed by atoms with E-state index >= 15 is 0 Å². The van der Waals surface area contributed by atoms with Gasteiger partial charge in [0.1, 0.15) is 0 Å². The quantitative estimate of drug-likeness (QED) is 0.840. The number of nitrogens with one attached hydrogen (secondary N) is 1. The van der Waals surface area contributed by atoms with Crippen molar-refractivity contribution in [3.05, 3.63) is 58.3 Å². The fourth-order valence-corrected chi connectivity index (χ4v) is 3.72. The third-order valence-corrected chi connectivity index (χ3v) is 5.09. The lowest BCUT2D eigenvalue weighted by atomic mass is 10.1. The molecule has 0 bridgehead atoms. The Balaban J connectivity index is 1.52. The molecular formula is C19H24N2O2S. The first-order valence-corrected chi connectivity index (χ1v) is 9.42. The maximum absolute atomic E-state index is 12.2. The maximum atomic E-state index is 12.2. The second kappa shape index (κ2) is 8.97. The molecule has 1 aromatic carbocycles. The van der Waals surface area contributed by atoms with E-state index in [1.54, 1.807) is 11.3 Å². The van der Waals surface area contributed by atoms with Crippen LogP contribution in [0.5, 0.6) is 0 Å². The molecule has 4 nitrogen and oxygen atoms in total. The fourth-order valence-electron chi connectivity index (χ4n) is 3.01. The molecule has 1 aliphatic rings. The minimum Gasteiger partial charge on any atom is -0.379 e. The normalized spacial score (nSPS) is 16.7. The lowest BCUT2D eigenvalue weighted by molar-refractivity contribution is -0.121. The van der Waals surface area contributed by atoms with E-state index in [0.29, 0.717) is 13.0 Å². The lowest BCUT2D eigenvalue weighted by Crippen LogP contribution is -2.43. The van der Waals surface area contributed by atoms with Crippen molar-refractivity contribution in [1.82, 2.24) is 10.2 Å². The average molecular weight is 344 g/mol. The van der Waals surface area contributed by atoms with Crippen molar-refractivity contribution in [2.45, 2.75) is 18.9 Å². The minimum atomic E-state index is 0.118. The van der Waals surface area contributed by atoms with Crippen molar-refractivity contribution in [2.24, 2.45) is 0 Å². The van der Waals surface area contributed by atoms with E-state index in [1.165, 1.54) is 11.1 Å². The molecule has 0 spiro atoms. The smallest absolute Gasteiger partial charge is 0.220 e. The van der Waals surface area contributed by atoms with Crippen molar-refractivity contribution in [3.63, 3.8) is 0 Å². The summed E-state index contributed by atoms with van der Waals surface area (Å²) in [5, 5.41) is 7.40. The highest BCUT2D eigenvalue weighted by atomic mass is 32.1. The van der Waals surface area contributed by atoms with Gasteiger partial charge in [0.25, 0.3) is 0 Å². The Morgan fingerprint density at radius 3 is 2.71 bits per heavy atom. The van der Waals surface area contributed by atoms with Gasteiger partial charge in [-0.2, -0.15) is 11.3 Å². The molecular weight excluding hydrogens is 320 g/mol. The van der Waals surface area contributed by atoms with Crippen LogP contribution in [0.3, 0.4) is 0 Å². The topological polar surface area (TPSA) is 41.6 Å². The summed E-state index contributed by atoms with van der Waals surface area (Å²) in [5.41, 5.74) is 2.49. The van der Waals surface area contributed by atoms with Crippen LogP contribution >= 0.6 is 11.3 Å². The number of carbonyl (C=O) groups excluding carboxylic acids is 1. The fraction of sp³-hybridized carbons (Fsp3) is 0.421. The first-order valence-electron chi connectivity index (χ1n) is 8.47. The number of hydrogen-bond donors (Lipinski definition) is 1. The van der Waals surface area contributed by atoms with E-state index in [4.69, 9.17) is 4.74 Å². The Labute approximate surface area is 147 Å². The van der Waals surface area contributed by atoms with Crippen LogP contribution in [0.2, 0.25) is 0 Å². The number of benzene rings is 1. The number of morpholine rings is 1. The SMILES string of the molecule is O=C(CCc1ccccc1)NC[C@@H](c1ccsc1)N1CCOCC1. The molecule has 1 aliphatic heterocycles. The van der Waals surface area contributed by atoms with E-state index in [9.17, 15) is 4.79 Å². The van der Waals surface area contributed by atoms with E-state index in [1.807, 2.05) is 18.2 Å². The molecule has 1 saturated heterocycles. The number of rotatable bonds is 7. The van der Waals surface area contributed by atoms with Crippen LogP contribution in [-0.2, 0) is 16.0 Å². The molecule has 0 saturated carbocycles. The van der Waals surface area contributed by atoms with E-state index < -0.39 is 0 Å². The van der Waals surface area contributed by atoms with Crippen molar-refractivity contribution in [3.8, 4) is 0 Å².